The lowest BCUT2D eigenvalue weighted by atomic mass is 10.0. The number of hydrogen-bond donors (Lipinski definition) is 2. The monoisotopic (exact) mass is 712 g/mol. The van der Waals surface area contributed by atoms with Gasteiger partial charge in [0.05, 0.1) is 13.2 Å². The fourth-order valence-corrected chi connectivity index (χ4v) is 29.9. The lowest BCUT2D eigenvalue weighted by Gasteiger charge is -2.44. The molecule has 0 saturated heterocycles. The quantitative estimate of drug-likeness (QED) is 0.0566. The van der Waals surface area contributed by atoms with E-state index < -0.39 is 48.4 Å². The van der Waals surface area contributed by atoms with Crippen LogP contribution >= 0.6 is 0 Å². The van der Waals surface area contributed by atoms with Crippen LogP contribution < -0.4 is 0 Å². The van der Waals surface area contributed by atoms with Crippen LogP contribution in [0, 0.1) is 0 Å². The molecule has 0 aliphatic rings. The molecule has 266 valence electrons. The predicted octanol–water partition coefficient (Wildman–Crippen LogP) is 9.81. The van der Waals surface area contributed by atoms with Crippen molar-refractivity contribution in [3.05, 3.63) is 0 Å². The number of hydrogen-bond acceptors (Lipinski definition) is 7. The predicted molar refractivity (Wildman–Crippen MR) is 200 cm³/mol. The standard InChI is InChI=1S/C32H76O7Si5/c1-12-13-14-15-16-17-18-19-20-21-22-23-24-25-28-44(11,38-42(8,9)36-40(2,3)4)39-43(10,37-41(5,6)7)29-26-27-35-31-32(34)30-33/h32-34H,12-31H2,1-11H3. The molecule has 0 heterocycles. The van der Waals surface area contributed by atoms with Gasteiger partial charge in [0.15, 0.2) is 16.6 Å². The molecule has 0 aliphatic heterocycles. The van der Waals surface area contributed by atoms with E-state index in [9.17, 15) is 5.11 Å². The average Bonchev–Trinajstić information content (AvgIpc) is 2.85. The van der Waals surface area contributed by atoms with E-state index in [2.05, 4.69) is 72.4 Å². The molecule has 3 unspecified atom stereocenters. The molecule has 0 aromatic heterocycles. The van der Waals surface area contributed by atoms with Crippen LogP contribution in [-0.4, -0.2) is 78.5 Å². The number of rotatable bonds is 30. The zero-order valence-corrected chi connectivity index (χ0v) is 36.2. The molecule has 0 radical (unpaired) electrons. The molecule has 0 aromatic rings. The van der Waals surface area contributed by atoms with Crippen molar-refractivity contribution in [1.82, 2.24) is 0 Å². The van der Waals surface area contributed by atoms with Crippen molar-refractivity contribution in [3.8, 4) is 0 Å². The zero-order valence-electron chi connectivity index (χ0n) is 31.2. The molecule has 44 heavy (non-hydrogen) atoms. The Morgan fingerprint density at radius 3 is 1.34 bits per heavy atom. The van der Waals surface area contributed by atoms with Gasteiger partial charge >= 0.3 is 25.7 Å². The summed E-state index contributed by atoms with van der Waals surface area (Å²) in [5.41, 5.74) is 0. The minimum atomic E-state index is -2.61. The molecule has 0 bridgehead atoms. The molecule has 0 aliphatic carbocycles. The molecule has 0 fully saturated rings. The molecule has 12 heteroatoms. The summed E-state index contributed by atoms with van der Waals surface area (Å²) in [5.74, 6) is 0. The fourth-order valence-electron chi connectivity index (χ4n) is 6.04. The largest absolute Gasteiger partial charge is 0.437 e. The first-order valence-electron chi connectivity index (χ1n) is 18.0. The summed E-state index contributed by atoms with van der Waals surface area (Å²) in [6.45, 7) is 24.9. The maximum atomic E-state index is 9.61. The normalized spacial score (nSPS) is 16.6. The summed E-state index contributed by atoms with van der Waals surface area (Å²) < 4.78 is 33.4. The first-order chi connectivity index (χ1) is 20.3. The van der Waals surface area contributed by atoms with Crippen LogP contribution in [0.4, 0.5) is 0 Å². The SMILES string of the molecule is CCCCCCCCCCCCCCCC[Si](C)(O[Si](C)(C)O[Si](C)(C)C)O[Si](C)(CCCOCC(O)CO)O[Si](C)(C)C. The summed E-state index contributed by atoms with van der Waals surface area (Å²) in [4.78, 5) is 0. The molecule has 7 nitrogen and oxygen atoms in total. The Kier molecular flexibility index (Phi) is 23.6. The molecule has 3 atom stereocenters. The Morgan fingerprint density at radius 2 is 0.909 bits per heavy atom. The molecular formula is C32H76O7Si5. The van der Waals surface area contributed by atoms with Crippen molar-refractivity contribution in [2.24, 2.45) is 0 Å². The van der Waals surface area contributed by atoms with Crippen molar-refractivity contribution >= 4 is 42.3 Å². The summed E-state index contributed by atoms with van der Waals surface area (Å²) in [7, 11) is -11.2. The van der Waals surface area contributed by atoms with Crippen LogP contribution in [-0.2, 0) is 21.2 Å². The number of unbranched alkanes of at least 4 members (excludes halogenated alkanes) is 13. The highest BCUT2D eigenvalue weighted by Crippen LogP contribution is 2.32. The molecule has 0 rings (SSSR count). The van der Waals surface area contributed by atoms with E-state index in [1.54, 1.807) is 0 Å². The van der Waals surface area contributed by atoms with Crippen molar-refractivity contribution in [2.45, 2.75) is 187 Å². The lowest BCUT2D eigenvalue weighted by molar-refractivity contribution is 0.00623. The van der Waals surface area contributed by atoms with Crippen LogP contribution in [0.3, 0.4) is 0 Å². The average molecular weight is 713 g/mol. The second-order valence-electron chi connectivity index (χ2n) is 15.7. The van der Waals surface area contributed by atoms with E-state index in [1.807, 2.05) is 0 Å². The molecule has 0 amide bonds. The van der Waals surface area contributed by atoms with E-state index in [-0.39, 0.29) is 13.2 Å². The third-order valence-electron chi connectivity index (χ3n) is 7.39. The molecule has 0 spiro atoms. The summed E-state index contributed by atoms with van der Waals surface area (Å²) >= 11 is 0. The fraction of sp³-hybridized carbons (Fsp3) is 1.00. The van der Waals surface area contributed by atoms with E-state index in [4.69, 9.17) is 26.3 Å². The molecule has 0 saturated carbocycles. The summed E-state index contributed by atoms with van der Waals surface area (Å²) in [5, 5.41) is 18.7. The van der Waals surface area contributed by atoms with Gasteiger partial charge in [-0.3, -0.25) is 0 Å². The Morgan fingerprint density at radius 1 is 0.500 bits per heavy atom. The maximum absolute atomic E-state index is 9.61. The van der Waals surface area contributed by atoms with Gasteiger partial charge in [-0.05, 0) is 84.0 Å². The van der Waals surface area contributed by atoms with Gasteiger partial charge in [-0.2, -0.15) is 0 Å². The van der Waals surface area contributed by atoms with Gasteiger partial charge in [0.25, 0.3) is 0 Å². The van der Waals surface area contributed by atoms with Gasteiger partial charge in [-0.1, -0.05) is 96.8 Å². The molecular weight excluding hydrogens is 637 g/mol. The van der Waals surface area contributed by atoms with Gasteiger partial charge in [-0.15, -0.1) is 0 Å². The summed E-state index contributed by atoms with van der Waals surface area (Å²) in [6.07, 6.45) is 18.8. The van der Waals surface area contributed by atoms with Crippen LogP contribution in [0.2, 0.25) is 77.6 Å². The topological polar surface area (TPSA) is 86.6 Å². The summed E-state index contributed by atoms with van der Waals surface area (Å²) in [6, 6.07) is 1.78. The van der Waals surface area contributed by atoms with Gasteiger partial charge in [0, 0.05) is 6.61 Å². The van der Waals surface area contributed by atoms with E-state index in [1.165, 1.54) is 83.5 Å². The minimum Gasteiger partial charge on any atom is -0.437 e. The minimum absolute atomic E-state index is 0.146. The zero-order chi connectivity index (χ0) is 33.8. The van der Waals surface area contributed by atoms with Gasteiger partial charge in [0.2, 0.25) is 0 Å². The van der Waals surface area contributed by atoms with Crippen molar-refractivity contribution in [3.63, 3.8) is 0 Å². The van der Waals surface area contributed by atoms with Gasteiger partial charge in [0.1, 0.15) is 6.10 Å². The Labute approximate surface area is 279 Å². The number of aliphatic hydroxyl groups is 2. The first-order valence-corrected chi connectivity index (χ1v) is 32.7. The lowest BCUT2D eigenvalue weighted by Crippen LogP contribution is -2.60. The van der Waals surface area contributed by atoms with Crippen molar-refractivity contribution in [2.75, 3.05) is 19.8 Å². The van der Waals surface area contributed by atoms with E-state index >= 15 is 0 Å². The van der Waals surface area contributed by atoms with Crippen molar-refractivity contribution < 1.29 is 31.4 Å². The van der Waals surface area contributed by atoms with Crippen molar-refractivity contribution in [1.29, 1.82) is 0 Å². The van der Waals surface area contributed by atoms with E-state index in [0.717, 1.165) is 24.9 Å². The Hall–Kier alpha value is 0.804. The van der Waals surface area contributed by atoms with Crippen LogP contribution in [0.5, 0.6) is 0 Å². The first kappa shape index (κ1) is 44.8. The highest BCUT2D eigenvalue weighted by molar-refractivity contribution is 6.90. The Balaban J connectivity index is 5.10. The molecule has 2 N–H and O–H groups in total. The van der Waals surface area contributed by atoms with Crippen LogP contribution in [0.15, 0.2) is 0 Å². The molecule has 0 aromatic carbocycles. The third-order valence-corrected chi connectivity index (χ3v) is 25.7. The maximum Gasteiger partial charge on any atom is 0.317 e. The number of ether oxygens (including phenoxy) is 1. The smallest absolute Gasteiger partial charge is 0.317 e. The second kappa shape index (κ2) is 23.2. The van der Waals surface area contributed by atoms with Gasteiger partial charge in [-0.25, -0.2) is 0 Å². The Bertz CT molecular complexity index is 705. The third kappa shape index (κ3) is 26.8. The van der Waals surface area contributed by atoms with Crippen LogP contribution in [0.25, 0.3) is 0 Å². The highest BCUT2D eigenvalue weighted by atomic mass is 28.5. The van der Waals surface area contributed by atoms with Gasteiger partial charge < -0.3 is 31.4 Å². The van der Waals surface area contributed by atoms with Crippen LogP contribution in [0.1, 0.15) is 103 Å². The second-order valence-corrected chi connectivity index (χ2v) is 35.7. The highest BCUT2D eigenvalue weighted by Gasteiger charge is 2.48. The van der Waals surface area contributed by atoms with E-state index in [0.29, 0.717) is 6.61 Å². The number of aliphatic hydroxyl groups excluding tert-OH is 2.